The van der Waals surface area contributed by atoms with Crippen molar-refractivity contribution in [2.24, 2.45) is 0 Å². The van der Waals surface area contributed by atoms with Gasteiger partial charge in [0.2, 0.25) is 0 Å². The van der Waals surface area contributed by atoms with Crippen molar-refractivity contribution >= 4 is 5.97 Å². The van der Waals surface area contributed by atoms with E-state index in [1.807, 2.05) is 0 Å². The second kappa shape index (κ2) is 46.9. The van der Waals surface area contributed by atoms with Crippen molar-refractivity contribution in [3.05, 3.63) is 6.92 Å². The first-order valence-electron chi connectivity index (χ1n) is 0.762. The molecule has 0 atom stereocenters. The minimum absolute atomic E-state index is 0. The molecule has 0 heterocycles. The maximum atomic E-state index is 8.78. The molecule has 0 aromatic rings. The summed E-state index contributed by atoms with van der Waals surface area (Å²) in [4.78, 5) is 8.78. The van der Waals surface area contributed by atoms with E-state index >= 15 is 0 Å². The van der Waals surface area contributed by atoms with Crippen molar-refractivity contribution in [2.75, 3.05) is 0 Å². The molecule has 0 unspecified atom stereocenters. The summed E-state index contributed by atoms with van der Waals surface area (Å²) in [5.74, 6) is -1.33. The molecule has 0 aromatic heterocycles. The third-order valence-corrected chi connectivity index (χ3v) is 0. The van der Waals surface area contributed by atoms with E-state index in [2.05, 4.69) is 6.92 Å². The fourth-order valence-corrected chi connectivity index (χ4v) is 0. The molecule has 0 radical (unpaired) electrons. The molecule has 0 spiro atoms. The maximum Gasteiger partial charge on any atom is 1.00 e. The largest absolute Gasteiger partial charge is 1.00 e. The third kappa shape index (κ3) is 312. The van der Waals surface area contributed by atoms with Crippen LogP contribution >= 0.6 is 0 Å². The first-order chi connectivity index (χ1) is 1.73. The number of hydrogen-bond donors (Lipinski definition) is 0. The van der Waals surface area contributed by atoms with Crippen LogP contribution in [0.5, 0.6) is 0 Å². The average molecular weight is 274 g/mol. The van der Waals surface area contributed by atoms with Crippen LogP contribution in [0.25, 0.3) is 0 Å². The molecule has 0 aliphatic carbocycles. The zero-order valence-electron chi connectivity index (χ0n) is 5.34. The summed E-state index contributed by atoms with van der Waals surface area (Å²) in [5.41, 5.74) is 0. The fraction of sp³-hybridized carbons (Fsp3) is 0. The van der Waals surface area contributed by atoms with Crippen LogP contribution in [0, 0.1) is 6.92 Å². The Balaban J connectivity index is -0.00000000300. The van der Waals surface area contributed by atoms with E-state index in [-0.39, 0.29) is 96.6 Å². The van der Waals surface area contributed by atoms with Gasteiger partial charge in [-0.3, -0.25) is 0 Å². The number of aliphatic carboxylic acids is 1. The van der Waals surface area contributed by atoms with Crippen molar-refractivity contribution in [3.8, 4) is 0 Å². The van der Waals surface area contributed by atoms with Gasteiger partial charge >= 0.3 is 58.2 Å². The number of carboxylic acid groups (broad SMARTS) is 1. The van der Waals surface area contributed by atoms with Crippen LogP contribution in [0.4, 0.5) is 0 Å². The summed E-state index contributed by atoms with van der Waals surface area (Å²) in [5, 5.41) is 8.78. The van der Waals surface area contributed by atoms with Gasteiger partial charge in [0.1, 0.15) is 0 Å². The molecule has 0 saturated heterocycles. The Labute approximate surface area is 117 Å². The SMILES string of the molecule is O.O.O.O.[CH2-]C(=O)[O-].[Ni].[Rb+]. The minimum atomic E-state index is -1.33. The van der Waals surface area contributed by atoms with Gasteiger partial charge in [-0.2, -0.15) is 0 Å². The van der Waals surface area contributed by atoms with Gasteiger partial charge in [0.25, 0.3) is 0 Å². The van der Waals surface area contributed by atoms with E-state index < -0.39 is 5.97 Å². The Hall–Kier alpha value is 1.48. The van der Waals surface area contributed by atoms with Gasteiger partial charge in [0.05, 0.1) is 0 Å². The van der Waals surface area contributed by atoms with E-state index in [1.54, 1.807) is 0 Å². The van der Waals surface area contributed by atoms with Crippen LogP contribution in [0.15, 0.2) is 0 Å². The fourth-order valence-electron chi connectivity index (χ4n) is 0. The Bertz CT molecular complexity index is 38.7. The van der Waals surface area contributed by atoms with E-state index in [4.69, 9.17) is 9.90 Å². The molecule has 6 nitrogen and oxygen atoms in total. The van der Waals surface area contributed by atoms with Gasteiger partial charge in [-0.25, -0.2) is 0 Å². The van der Waals surface area contributed by atoms with E-state index in [0.29, 0.717) is 0 Å². The van der Waals surface area contributed by atoms with Crippen molar-refractivity contribution < 1.29 is 106 Å². The smallest absolute Gasteiger partial charge is 0.584 e. The van der Waals surface area contributed by atoms with E-state index in [9.17, 15) is 0 Å². The normalized spacial score (nSPS) is 2.40. The molecule has 0 bridgehead atoms. The molecule has 8 heteroatoms. The van der Waals surface area contributed by atoms with E-state index in [0.717, 1.165) is 0 Å². The first-order valence-corrected chi connectivity index (χ1v) is 0.762. The van der Waals surface area contributed by atoms with Crippen molar-refractivity contribution in [1.29, 1.82) is 0 Å². The maximum absolute atomic E-state index is 8.78. The zero-order chi connectivity index (χ0) is 3.58. The second-order valence-electron chi connectivity index (χ2n) is 0.372. The van der Waals surface area contributed by atoms with Gasteiger partial charge in [-0.15, -0.1) is 5.97 Å². The first kappa shape index (κ1) is 62.8. The van der Waals surface area contributed by atoms with Gasteiger partial charge in [0, 0.05) is 16.5 Å². The Kier molecular flexibility index (Phi) is 295. The van der Waals surface area contributed by atoms with Crippen molar-refractivity contribution in [1.82, 2.24) is 0 Å². The quantitative estimate of drug-likeness (QED) is 0.316. The van der Waals surface area contributed by atoms with Gasteiger partial charge in [-0.1, -0.05) is 0 Å². The summed E-state index contributed by atoms with van der Waals surface area (Å²) in [6.45, 7) is 2.44. The Morgan fingerprint density at radius 2 is 1.10 bits per heavy atom. The van der Waals surface area contributed by atoms with E-state index in [1.165, 1.54) is 0 Å². The molecule has 66 valence electrons. The van der Waals surface area contributed by atoms with Crippen molar-refractivity contribution in [2.45, 2.75) is 0 Å². The Morgan fingerprint density at radius 3 is 1.10 bits per heavy atom. The second-order valence-corrected chi connectivity index (χ2v) is 0.372. The predicted octanol–water partition coefficient (Wildman–Crippen LogP) is -7.73. The van der Waals surface area contributed by atoms with Crippen LogP contribution in [-0.2, 0) is 21.3 Å². The summed E-state index contributed by atoms with van der Waals surface area (Å²) in [6, 6.07) is 0. The van der Waals surface area contributed by atoms with Crippen LogP contribution in [-0.4, -0.2) is 27.9 Å². The van der Waals surface area contributed by atoms with Gasteiger partial charge < -0.3 is 38.7 Å². The molecule has 8 N–H and O–H groups in total. The molecule has 0 rings (SSSR count). The molecule has 0 saturated carbocycles. The molecular weight excluding hydrogens is 264 g/mol. The van der Waals surface area contributed by atoms with Crippen LogP contribution < -0.4 is 63.3 Å². The van der Waals surface area contributed by atoms with Gasteiger partial charge in [0.15, 0.2) is 0 Å². The summed E-state index contributed by atoms with van der Waals surface area (Å²) >= 11 is 0. The van der Waals surface area contributed by atoms with Crippen molar-refractivity contribution in [3.63, 3.8) is 0 Å². The molecular formula is C2H10NiO6Rb-. The molecule has 0 aliphatic rings. The monoisotopic (exact) mass is 273 g/mol. The summed E-state index contributed by atoms with van der Waals surface area (Å²) in [7, 11) is 0. The van der Waals surface area contributed by atoms with Gasteiger partial charge in [-0.05, 0) is 0 Å². The number of rotatable bonds is 0. The molecule has 10 heavy (non-hydrogen) atoms. The molecule has 0 amide bonds. The topological polar surface area (TPSA) is 166 Å². The number of hydrogen-bond acceptors (Lipinski definition) is 2. The molecule has 0 aliphatic heterocycles. The standard InChI is InChI=1S/C2H3O2.Ni.4H2O.Rb/c1-2(3)4;;;;;;/h1H2,(H,3,4);;4*1H2;/q-1;;;;;;+1/p-1. The number of carboxylic acids is 1. The summed E-state index contributed by atoms with van der Waals surface area (Å²) in [6.07, 6.45) is 0. The molecule has 0 fully saturated rings. The van der Waals surface area contributed by atoms with Crippen LogP contribution in [0.3, 0.4) is 0 Å². The molecule has 0 aromatic carbocycles. The number of carbonyl (C=O) groups excluding carboxylic acids is 1. The third-order valence-electron chi connectivity index (χ3n) is 0. The average Bonchev–Trinajstić information content (AvgIpc) is 0.811. The predicted molar refractivity (Wildman–Crippen MR) is 24.8 cm³/mol. The van der Waals surface area contributed by atoms with Crippen LogP contribution in [0.1, 0.15) is 0 Å². The Morgan fingerprint density at radius 1 is 1.10 bits per heavy atom. The zero-order valence-corrected chi connectivity index (χ0v) is 11.2. The minimum Gasteiger partial charge on any atom is -0.584 e. The summed E-state index contributed by atoms with van der Waals surface area (Å²) < 4.78 is 0. The number of carbonyl (C=O) groups is 1. The van der Waals surface area contributed by atoms with Crippen LogP contribution in [0.2, 0.25) is 0 Å².